The van der Waals surface area contributed by atoms with E-state index in [1.165, 1.54) is 4.90 Å². The largest absolute Gasteiger partial charge is 0.337 e. The summed E-state index contributed by atoms with van der Waals surface area (Å²) in [7, 11) is 1.59. The monoisotopic (exact) mass is 281 g/mol. The molecule has 0 spiro atoms. The van der Waals surface area contributed by atoms with Crippen LogP contribution in [-0.4, -0.2) is 35.4 Å². The fourth-order valence-electron chi connectivity index (χ4n) is 2.31. The SMILES string of the molecule is CN(C(=O)c1cc(F)cc([N+](=O)[O-])c1)C(CN)C1CC1. The van der Waals surface area contributed by atoms with E-state index in [-0.39, 0.29) is 11.6 Å². The Morgan fingerprint density at radius 1 is 1.55 bits per heavy atom. The first-order chi connectivity index (χ1) is 9.43. The number of nitro groups is 1. The van der Waals surface area contributed by atoms with Crippen LogP contribution < -0.4 is 5.73 Å². The van der Waals surface area contributed by atoms with Crippen molar-refractivity contribution in [2.75, 3.05) is 13.6 Å². The standard InChI is InChI=1S/C13H16FN3O3/c1-16(12(7-15)8-2-3-8)13(18)9-4-10(14)6-11(5-9)17(19)20/h4-6,8,12H,2-3,7,15H2,1H3. The number of rotatable bonds is 5. The second-order valence-corrected chi connectivity index (χ2v) is 5.01. The van der Waals surface area contributed by atoms with E-state index in [9.17, 15) is 19.3 Å². The molecule has 0 aromatic heterocycles. The highest BCUT2D eigenvalue weighted by molar-refractivity contribution is 5.95. The summed E-state index contributed by atoms with van der Waals surface area (Å²) in [5.41, 5.74) is 5.20. The summed E-state index contributed by atoms with van der Waals surface area (Å²) < 4.78 is 13.4. The Morgan fingerprint density at radius 2 is 2.20 bits per heavy atom. The maximum absolute atomic E-state index is 13.4. The maximum Gasteiger partial charge on any atom is 0.273 e. The Balaban J connectivity index is 2.25. The van der Waals surface area contributed by atoms with Crippen molar-refractivity contribution in [3.8, 4) is 0 Å². The van der Waals surface area contributed by atoms with Gasteiger partial charge in [-0.1, -0.05) is 0 Å². The van der Waals surface area contributed by atoms with Crippen LogP contribution in [0.2, 0.25) is 0 Å². The third-order valence-corrected chi connectivity index (χ3v) is 3.57. The first-order valence-corrected chi connectivity index (χ1v) is 6.36. The van der Waals surface area contributed by atoms with Crippen molar-refractivity contribution in [1.82, 2.24) is 4.90 Å². The lowest BCUT2D eigenvalue weighted by molar-refractivity contribution is -0.385. The van der Waals surface area contributed by atoms with Crippen LogP contribution in [0.25, 0.3) is 0 Å². The molecule has 2 rings (SSSR count). The second kappa shape index (κ2) is 5.54. The molecule has 1 aliphatic carbocycles. The topological polar surface area (TPSA) is 89.5 Å². The van der Waals surface area contributed by atoms with Gasteiger partial charge in [0.05, 0.1) is 11.0 Å². The molecule has 20 heavy (non-hydrogen) atoms. The highest BCUT2D eigenvalue weighted by Crippen LogP contribution is 2.35. The molecule has 108 valence electrons. The first-order valence-electron chi connectivity index (χ1n) is 6.36. The van der Waals surface area contributed by atoms with E-state index >= 15 is 0 Å². The molecule has 1 aliphatic rings. The number of likely N-dealkylation sites (N-methyl/N-ethyl adjacent to an activating group) is 1. The van der Waals surface area contributed by atoms with Crippen LogP contribution in [0.4, 0.5) is 10.1 Å². The van der Waals surface area contributed by atoms with Crippen molar-refractivity contribution in [3.05, 3.63) is 39.7 Å². The number of nitrogens with two attached hydrogens (primary N) is 1. The fourth-order valence-corrected chi connectivity index (χ4v) is 2.31. The molecule has 0 aliphatic heterocycles. The number of nitrogens with zero attached hydrogens (tertiary/aromatic N) is 2. The van der Waals surface area contributed by atoms with Crippen molar-refractivity contribution >= 4 is 11.6 Å². The van der Waals surface area contributed by atoms with E-state index in [0.29, 0.717) is 12.5 Å². The number of halogens is 1. The molecule has 1 aromatic carbocycles. The van der Waals surface area contributed by atoms with Gasteiger partial charge < -0.3 is 10.6 Å². The highest BCUT2D eigenvalue weighted by Gasteiger charge is 2.35. The number of non-ortho nitro benzene ring substituents is 1. The van der Waals surface area contributed by atoms with Crippen molar-refractivity contribution in [2.24, 2.45) is 11.7 Å². The van der Waals surface area contributed by atoms with Gasteiger partial charge in [-0.15, -0.1) is 0 Å². The molecule has 6 nitrogen and oxygen atoms in total. The average molecular weight is 281 g/mol. The number of carbonyl (C=O) groups excluding carboxylic acids is 1. The Kier molecular flexibility index (Phi) is 3.99. The molecule has 7 heteroatoms. The molecule has 1 atom stereocenters. The minimum atomic E-state index is -0.799. The summed E-state index contributed by atoms with van der Waals surface area (Å²) in [6.45, 7) is 0.324. The van der Waals surface area contributed by atoms with Gasteiger partial charge in [0.2, 0.25) is 0 Å². The molecule has 1 fully saturated rings. The zero-order chi connectivity index (χ0) is 14.9. The van der Waals surface area contributed by atoms with Gasteiger partial charge in [-0.2, -0.15) is 0 Å². The van der Waals surface area contributed by atoms with E-state index in [1.807, 2.05) is 0 Å². The number of hydrogen-bond acceptors (Lipinski definition) is 4. The Hall–Kier alpha value is -2.02. The number of amides is 1. The number of nitro benzene ring substituents is 1. The quantitative estimate of drug-likeness (QED) is 0.655. The lowest BCUT2D eigenvalue weighted by Crippen LogP contribution is -2.43. The van der Waals surface area contributed by atoms with Gasteiger partial charge in [-0.05, 0) is 24.8 Å². The molecular weight excluding hydrogens is 265 g/mol. The van der Waals surface area contributed by atoms with Crippen LogP contribution in [0.3, 0.4) is 0 Å². The Morgan fingerprint density at radius 3 is 2.70 bits per heavy atom. The van der Waals surface area contributed by atoms with Gasteiger partial charge in [0.15, 0.2) is 0 Å². The number of hydrogen-bond donors (Lipinski definition) is 1. The van der Waals surface area contributed by atoms with Crippen LogP contribution in [0.5, 0.6) is 0 Å². The van der Waals surface area contributed by atoms with Gasteiger partial charge in [0.1, 0.15) is 5.82 Å². The molecule has 1 saturated carbocycles. The summed E-state index contributed by atoms with van der Waals surface area (Å²) in [5, 5.41) is 10.7. The van der Waals surface area contributed by atoms with Crippen molar-refractivity contribution in [2.45, 2.75) is 18.9 Å². The smallest absolute Gasteiger partial charge is 0.273 e. The molecule has 1 amide bonds. The highest BCUT2D eigenvalue weighted by atomic mass is 19.1. The Bertz CT molecular complexity index is 546. The van der Waals surface area contributed by atoms with Crippen molar-refractivity contribution < 1.29 is 14.1 Å². The molecule has 2 N–H and O–H groups in total. The van der Waals surface area contributed by atoms with Crippen LogP contribution in [-0.2, 0) is 0 Å². The predicted octanol–water partition coefficient (Wildman–Crippen LogP) is 1.54. The molecule has 1 aromatic rings. The van der Waals surface area contributed by atoms with Crippen LogP contribution in [0, 0.1) is 21.8 Å². The zero-order valence-corrected chi connectivity index (χ0v) is 11.1. The van der Waals surface area contributed by atoms with Gasteiger partial charge in [0.25, 0.3) is 11.6 Å². The minimum Gasteiger partial charge on any atom is -0.337 e. The molecule has 0 heterocycles. The second-order valence-electron chi connectivity index (χ2n) is 5.01. The lowest BCUT2D eigenvalue weighted by Gasteiger charge is -2.27. The summed E-state index contributed by atoms with van der Waals surface area (Å²) in [6.07, 6.45) is 2.03. The fraction of sp³-hybridized carbons (Fsp3) is 0.462. The van der Waals surface area contributed by atoms with Gasteiger partial charge in [-0.3, -0.25) is 14.9 Å². The molecule has 0 saturated heterocycles. The number of benzene rings is 1. The van der Waals surface area contributed by atoms with Crippen LogP contribution in [0.1, 0.15) is 23.2 Å². The summed E-state index contributed by atoms with van der Waals surface area (Å²) in [4.78, 5) is 23.7. The minimum absolute atomic E-state index is 0.0294. The van der Waals surface area contributed by atoms with Crippen LogP contribution in [0.15, 0.2) is 18.2 Å². The van der Waals surface area contributed by atoms with Gasteiger partial charge >= 0.3 is 0 Å². The average Bonchev–Trinajstić information content (AvgIpc) is 3.22. The third-order valence-electron chi connectivity index (χ3n) is 3.57. The molecule has 1 unspecified atom stereocenters. The zero-order valence-electron chi connectivity index (χ0n) is 11.1. The molecule has 0 radical (unpaired) electrons. The van der Waals surface area contributed by atoms with Crippen LogP contribution >= 0.6 is 0 Å². The Labute approximate surface area is 115 Å². The predicted molar refractivity (Wildman–Crippen MR) is 70.7 cm³/mol. The molecular formula is C13H16FN3O3. The summed E-state index contributed by atoms with van der Waals surface area (Å²) >= 11 is 0. The summed E-state index contributed by atoms with van der Waals surface area (Å²) in [6, 6.07) is 2.78. The van der Waals surface area contributed by atoms with E-state index in [2.05, 4.69) is 0 Å². The molecule has 0 bridgehead atoms. The van der Waals surface area contributed by atoms with E-state index in [4.69, 9.17) is 5.73 Å². The number of carbonyl (C=O) groups is 1. The summed E-state index contributed by atoms with van der Waals surface area (Å²) in [5.74, 6) is -0.876. The van der Waals surface area contributed by atoms with E-state index in [1.54, 1.807) is 7.05 Å². The first kappa shape index (κ1) is 14.4. The van der Waals surface area contributed by atoms with E-state index in [0.717, 1.165) is 31.0 Å². The van der Waals surface area contributed by atoms with Gasteiger partial charge in [-0.25, -0.2) is 4.39 Å². The maximum atomic E-state index is 13.4. The third kappa shape index (κ3) is 2.93. The normalized spacial score (nSPS) is 15.8. The van der Waals surface area contributed by atoms with Crippen molar-refractivity contribution in [3.63, 3.8) is 0 Å². The van der Waals surface area contributed by atoms with E-state index < -0.39 is 22.3 Å². The van der Waals surface area contributed by atoms with Crippen molar-refractivity contribution in [1.29, 1.82) is 0 Å². The lowest BCUT2D eigenvalue weighted by atomic mass is 10.1. The van der Waals surface area contributed by atoms with Gasteiger partial charge in [0, 0.05) is 31.3 Å².